The van der Waals surface area contributed by atoms with Gasteiger partial charge in [-0.3, -0.25) is 14.8 Å². The highest BCUT2D eigenvalue weighted by Crippen LogP contribution is 2.47. The molecule has 5 rings (SSSR count). The van der Waals surface area contributed by atoms with Crippen LogP contribution in [0.15, 0.2) is 61.1 Å². The number of aromatic nitrogens is 3. The third-order valence-corrected chi connectivity index (χ3v) is 6.14. The van der Waals surface area contributed by atoms with Gasteiger partial charge in [0.25, 0.3) is 5.91 Å². The normalized spacial score (nSPS) is 13.8. The average Bonchev–Trinajstić information content (AvgIpc) is 3.66. The SMILES string of the molecule is CNc1cc2ncc(-c3cc(NC(=O)c4cc(C5(C#N)CC5)ccn4)ccc3C)cc2cn1. The van der Waals surface area contributed by atoms with Gasteiger partial charge in [-0.05, 0) is 66.8 Å². The van der Waals surface area contributed by atoms with Crippen molar-refractivity contribution < 1.29 is 4.79 Å². The van der Waals surface area contributed by atoms with Crippen molar-refractivity contribution in [3.05, 3.63) is 77.9 Å². The van der Waals surface area contributed by atoms with Crippen LogP contribution in [0.4, 0.5) is 11.5 Å². The third-order valence-electron chi connectivity index (χ3n) is 6.14. The highest BCUT2D eigenvalue weighted by molar-refractivity contribution is 6.03. The number of fused-ring (bicyclic) bond motifs is 1. The van der Waals surface area contributed by atoms with E-state index in [1.165, 1.54) is 0 Å². The fraction of sp³-hybridized carbons (Fsp3) is 0.192. The van der Waals surface area contributed by atoms with E-state index in [1.807, 2.05) is 56.6 Å². The van der Waals surface area contributed by atoms with Crippen LogP contribution in [0, 0.1) is 18.3 Å². The second-order valence-corrected chi connectivity index (χ2v) is 8.34. The molecule has 1 aromatic carbocycles. The van der Waals surface area contributed by atoms with Gasteiger partial charge < -0.3 is 10.6 Å². The Morgan fingerprint density at radius 1 is 1.06 bits per heavy atom. The number of carbonyl (C=O) groups is 1. The van der Waals surface area contributed by atoms with Crippen molar-refractivity contribution in [3.8, 4) is 17.2 Å². The Labute approximate surface area is 191 Å². The first-order valence-corrected chi connectivity index (χ1v) is 10.7. The van der Waals surface area contributed by atoms with Gasteiger partial charge in [-0.2, -0.15) is 5.26 Å². The first-order valence-electron chi connectivity index (χ1n) is 10.7. The van der Waals surface area contributed by atoms with E-state index >= 15 is 0 Å². The van der Waals surface area contributed by atoms with Crippen LogP contribution in [0.3, 0.4) is 0 Å². The summed E-state index contributed by atoms with van der Waals surface area (Å²) in [4.78, 5) is 26.1. The maximum atomic E-state index is 12.9. The van der Waals surface area contributed by atoms with E-state index in [-0.39, 0.29) is 5.91 Å². The highest BCUT2D eigenvalue weighted by atomic mass is 16.1. The molecule has 0 radical (unpaired) electrons. The minimum absolute atomic E-state index is 0.301. The Morgan fingerprint density at radius 3 is 2.67 bits per heavy atom. The van der Waals surface area contributed by atoms with Gasteiger partial charge in [0.05, 0.1) is 17.0 Å². The third kappa shape index (κ3) is 3.87. The van der Waals surface area contributed by atoms with Crippen molar-refractivity contribution in [1.29, 1.82) is 5.26 Å². The number of benzene rings is 1. The largest absolute Gasteiger partial charge is 0.373 e. The molecule has 1 aliphatic carbocycles. The lowest BCUT2D eigenvalue weighted by Crippen LogP contribution is -2.15. The van der Waals surface area contributed by atoms with E-state index in [1.54, 1.807) is 18.5 Å². The number of carbonyl (C=O) groups excluding carboxylic acids is 1. The first-order chi connectivity index (χ1) is 16.0. The zero-order chi connectivity index (χ0) is 23.0. The summed E-state index contributed by atoms with van der Waals surface area (Å²) < 4.78 is 0. The number of pyridine rings is 3. The van der Waals surface area contributed by atoms with Gasteiger partial charge in [-0.15, -0.1) is 0 Å². The van der Waals surface area contributed by atoms with E-state index in [4.69, 9.17) is 0 Å². The lowest BCUT2D eigenvalue weighted by molar-refractivity contribution is 0.102. The predicted octanol–water partition coefficient (Wildman–Crippen LogP) is 4.85. The van der Waals surface area contributed by atoms with E-state index in [0.717, 1.165) is 51.8 Å². The lowest BCUT2D eigenvalue weighted by Gasteiger charge is -2.12. The standard InChI is InChI=1S/C26H22N6O/c1-16-3-4-20(32-25(33)23-10-19(5-8-29-23)26(15-27)6-7-26)11-21(16)17-9-18-14-31-24(28-2)12-22(18)30-13-17/h3-5,8-14H,6-7H2,1-2H3,(H,28,31)(H,32,33). The van der Waals surface area contributed by atoms with Crippen molar-refractivity contribution in [2.45, 2.75) is 25.2 Å². The molecule has 0 bridgehead atoms. The molecule has 2 N–H and O–H groups in total. The van der Waals surface area contributed by atoms with Gasteiger partial charge in [-0.1, -0.05) is 6.07 Å². The minimum Gasteiger partial charge on any atom is -0.373 e. The fourth-order valence-electron chi connectivity index (χ4n) is 3.95. The van der Waals surface area contributed by atoms with Crippen LogP contribution in [0.2, 0.25) is 0 Å². The van der Waals surface area contributed by atoms with Crippen LogP contribution in [-0.4, -0.2) is 27.9 Å². The summed E-state index contributed by atoms with van der Waals surface area (Å²) in [6, 6.07) is 15.6. The van der Waals surface area contributed by atoms with Crippen molar-refractivity contribution in [2.24, 2.45) is 0 Å². The van der Waals surface area contributed by atoms with Crippen LogP contribution < -0.4 is 10.6 Å². The van der Waals surface area contributed by atoms with Gasteiger partial charge in [0, 0.05) is 48.3 Å². The summed E-state index contributed by atoms with van der Waals surface area (Å²) in [5.74, 6) is 0.463. The van der Waals surface area contributed by atoms with E-state index < -0.39 is 5.41 Å². The number of nitrogens with one attached hydrogen (secondary N) is 2. The lowest BCUT2D eigenvalue weighted by atomic mass is 9.98. The van der Waals surface area contributed by atoms with Crippen molar-refractivity contribution in [3.63, 3.8) is 0 Å². The van der Waals surface area contributed by atoms with Crippen molar-refractivity contribution in [1.82, 2.24) is 15.0 Å². The molecule has 3 heterocycles. The van der Waals surface area contributed by atoms with Crippen molar-refractivity contribution >= 4 is 28.3 Å². The summed E-state index contributed by atoms with van der Waals surface area (Å²) in [6.07, 6.45) is 6.86. The predicted molar refractivity (Wildman–Crippen MR) is 128 cm³/mol. The molecule has 0 aliphatic heterocycles. The molecule has 1 aliphatic rings. The molecule has 3 aromatic heterocycles. The zero-order valence-electron chi connectivity index (χ0n) is 18.4. The van der Waals surface area contributed by atoms with E-state index in [9.17, 15) is 10.1 Å². The summed E-state index contributed by atoms with van der Waals surface area (Å²) in [5.41, 5.74) is 5.21. The summed E-state index contributed by atoms with van der Waals surface area (Å²) >= 11 is 0. The van der Waals surface area contributed by atoms with Gasteiger partial charge in [0.2, 0.25) is 0 Å². The molecule has 4 aromatic rings. The zero-order valence-corrected chi connectivity index (χ0v) is 18.4. The Bertz CT molecular complexity index is 1430. The average molecular weight is 435 g/mol. The second kappa shape index (κ2) is 7.99. The molecule has 0 atom stereocenters. The molecule has 0 saturated heterocycles. The molecule has 1 fully saturated rings. The Balaban J connectivity index is 1.42. The van der Waals surface area contributed by atoms with Gasteiger partial charge in [-0.25, -0.2) is 4.98 Å². The number of hydrogen-bond donors (Lipinski definition) is 2. The second-order valence-electron chi connectivity index (χ2n) is 8.34. The summed E-state index contributed by atoms with van der Waals surface area (Å²) in [5, 5.41) is 16.3. The van der Waals surface area contributed by atoms with Crippen LogP contribution in [0.5, 0.6) is 0 Å². The Kier molecular flexibility index (Phi) is 4.98. The van der Waals surface area contributed by atoms with Crippen LogP contribution in [0.25, 0.3) is 22.0 Å². The molecule has 7 heteroatoms. The van der Waals surface area contributed by atoms with Gasteiger partial charge in [0.1, 0.15) is 11.5 Å². The number of nitrogens with zero attached hydrogens (tertiary/aromatic N) is 4. The van der Waals surface area contributed by atoms with Crippen LogP contribution in [0.1, 0.15) is 34.5 Å². The number of rotatable bonds is 5. The number of aryl methyl sites for hydroxylation is 1. The van der Waals surface area contributed by atoms with Crippen LogP contribution >= 0.6 is 0 Å². The fourth-order valence-corrected chi connectivity index (χ4v) is 3.95. The number of nitriles is 1. The quantitative estimate of drug-likeness (QED) is 0.465. The highest BCUT2D eigenvalue weighted by Gasteiger charge is 2.45. The molecular weight excluding hydrogens is 412 g/mol. The maximum absolute atomic E-state index is 12.9. The topological polar surface area (TPSA) is 104 Å². The van der Waals surface area contributed by atoms with Crippen molar-refractivity contribution in [2.75, 3.05) is 17.7 Å². The molecule has 0 spiro atoms. The van der Waals surface area contributed by atoms with E-state index in [0.29, 0.717) is 11.4 Å². The first kappa shape index (κ1) is 20.6. The molecule has 162 valence electrons. The molecule has 33 heavy (non-hydrogen) atoms. The Hall–Kier alpha value is -4.31. The van der Waals surface area contributed by atoms with Gasteiger partial charge >= 0.3 is 0 Å². The summed E-state index contributed by atoms with van der Waals surface area (Å²) in [6.45, 7) is 2.02. The number of hydrogen-bond acceptors (Lipinski definition) is 6. The molecular formula is C26H22N6O. The Morgan fingerprint density at radius 2 is 1.91 bits per heavy atom. The molecule has 7 nitrogen and oxygen atoms in total. The van der Waals surface area contributed by atoms with Gasteiger partial charge in [0.15, 0.2) is 0 Å². The summed E-state index contributed by atoms with van der Waals surface area (Å²) in [7, 11) is 1.82. The van der Waals surface area contributed by atoms with Crippen LogP contribution in [-0.2, 0) is 5.41 Å². The molecule has 1 amide bonds. The monoisotopic (exact) mass is 434 g/mol. The minimum atomic E-state index is -0.457. The maximum Gasteiger partial charge on any atom is 0.274 e. The van der Waals surface area contributed by atoms with E-state index in [2.05, 4.69) is 31.7 Å². The smallest absolute Gasteiger partial charge is 0.274 e. The molecule has 0 unspecified atom stereocenters. The molecule has 1 saturated carbocycles. The number of anilines is 2. The number of amides is 1.